The van der Waals surface area contributed by atoms with Gasteiger partial charge in [0.15, 0.2) is 5.72 Å². The average Bonchev–Trinajstić information content (AvgIpc) is 2.60. The van der Waals surface area contributed by atoms with Crippen LogP contribution in [0.25, 0.3) is 0 Å². The lowest BCUT2D eigenvalue weighted by atomic mass is 9.80. The van der Waals surface area contributed by atoms with E-state index in [-0.39, 0.29) is 13.0 Å². The quantitative estimate of drug-likeness (QED) is 0.406. The molecule has 8 nitrogen and oxygen atoms in total. The van der Waals surface area contributed by atoms with Crippen molar-refractivity contribution in [3.8, 4) is 0 Å². The van der Waals surface area contributed by atoms with Crippen LogP contribution in [0.1, 0.15) is 6.42 Å². The molecule has 2 N–H and O–H groups in total. The van der Waals surface area contributed by atoms with E-state index in [0.717, 1.165) is 0 Å². The number of nitrogens with one attached hydrogen (secondary N) is 1. The molecule has 0 spiro atoms. The van der Waals surface area contributed by atoms with E-state index in [2.05, 4.69) is 5.32 Å². The van der Waals surface area contributed by atoms with Gasteiger partial charge in [0.1, 0.15) is 0 Å². The Hall–Kier alpha value is -1.25. The maximum atomic E-state index is 11.5. The number of nitro groups is 1. The van der Waals surface area contributed by atoms with E-state index in [1.54, 1.807) is 0 Å². The van der Waals surface area contributed by atoms with Gasteiger partial charge in [0.25, 0.3) is 11.9 Å². The Labute approximate surface area is 89.7 Å². The monoisotopic (exact) mass is 230 g/mol. The topological polar surface area (TPSA) is 111 Å². The van der Waals surface area contributed by atoms with Crippen LogP contribution in [0.5, 0.6) is 0 Å². The molecule has 3 rings (SSSR count). The number of hydrogen-bond acceptors (Lipinski definition) is 6. The first-order valence-corrected chi connectivity index (χ1v) is 4.96. The molecule has 8 heteroatoms. The van der Waals surface area contributed by atoms with Crippen LogP contribution in [-0.2, 0) is 14.3 Å². The highest BCUT2D eigenvalue weighted by Gasteiger charge is 2.63. The van der Waals surface area contributed by atoms with Crippen molar-refractivity contribution < 1.29 is 24.3 Å². The van der Waals surface area contributed by atoms with Crippen molar-refractivity contribution >= 4 is 5.91 Å². The molecular formula is C8H10N2O6. The lowest BCUT2D eigenvalue weighted by molar-refractivity contribution is -0.526. The average molecular weight is 230 g/mol. The van der Waals surface area contributed by atoms with Crippen molar-refractivity contribution in [3.05, 3.63) is 10.1 Å². The second-order valence-corrected chi connectivity index (χ2v) is 4.35. The van der Waals surface area contributed by atoms with E-state index >= 15 is 0 Å². The Morgan fingerprint density at radius 2 is 2.38 bits per heavy atom. The first-order chi connectivity index (χ1) is 7.51. The molecule has 4 bridgehead atoms. The zero-order chi connectivity index (χ0) is 11.5. The standard InChI is InChI=1S/C8H10N2O6/c11-6-5(10(13)14)3-1-8(12,9-6)7-15-2-4(3)16-7/h3-5,7,12H,1-2H2,(H,9,11)/t3-,4+,5+,7-,8+/m0/s1. The Morgan fingerprint density at radius 1 is 1.62 bits per heavy atom. The molecule has 1 amide bonds. The highest BCUT2D eigenvalue weighted by Crippen LogP contribution is 2.42. The summed E-state index contributed by atoms with van der Waals surface area (Å²) in [6.45, 7) is 0.178. The van der Waals surface area contributed by atoms with Gasteiger partial charge in [-0.1, -0.05) is 0 Å². The van der Waals surface area contributed by atoms with Crippen molar-refractivity contribution in [2.24, 2.45) is 5.92 Å². The fourth-order valence-corrected chi connectivity index (χ4v) is 2.64. The number of piperidine rings is 1. The minimum atomic E-state index is -1.62. The summed E-state index contributed by atoms with van der Waals surface area (Å²) in [5, 5.41) is 23.1. The van der Waals surface area contributed by atoms with Crippen molar-refractivity contribution in [2.75, 3.05) is 6.61 Å². The molecule has 88 valence electrons. The van der Waals surface area contributed by atoms with Gasteiger partial charge in [-0.25, -0.2) is 0 Å². The molecule has 0 aromatic heterocycles. The van der Waals surface area contributed by atoms with Crippen molar-refractivity contribution in [1.29, 1.82) is 0 Å². The Bertz CT molecular complexity index is 374. The molecule has 3 aliphatic rings. The normalized spacial score (nSPS) is 49.9. The van der Waals surface area contributed by atoms with Gasteiger partial charge in [-0.05, 0) is 0 Å². The fourth-order valence-electron chi connectivity index (χ4n) is 2.64. The van der Waals surface area contributed by atoms with Crippen molar-refractivity contribution in [1.82, 2.24) is 5.32 Å². The highest BCUT2D eigenvalue weighted by molar-refractivity contribution is 5.82. The summed E-state index contributed by atoms with van der Waals surface area (Å²) >= 11 is 0. The third-order valence-corrected chi connectivity index (χ3v) is 3.37. The summed E-state index contributed by atoms with van der Waals surface area (Å²) in [5.41, 5.74) is -1.62. The van der Waals surface area contributed by atoms with E-state index in [0.29, 0.717) is 0 Å². The van der Waals surface area contributed by atoms with Crippen LogP contribution in [0.3, 0.4) is 0 Å². The van der Waals surface area contributed by atoms with Gasteiger partial charge in [0.2, 0.25) is 6.29 Å². The number of rotatable bonds is 1. The number of aliphatic hydroxyl groups is 1. The molecule has 3 fully saturated rings. The van der Waals surface area contributed by atoms with Crippen LogP contribution in [0.15, 0.2) is 0 Å². The molecule has 16 heavy (non-hydrogen) atoms. The van der Waals surface area contributed by atoms with Gasteiger partial charge in [0, 0.05) is 11.3 Å². The van der Waals surface area contributed by atoms with E-state index in [1.165, 1.54) is 0 Å². The molecule has 3 saturated heterocycles. The number of carbonyl (C=O) groups excluding carboxylic acids is 1. The smallest absolute Gasteiger partial charge is 0.297 e. The molecule has 0 aliphatic carbocycles. The molecule has 0 radical (unpaired) electrons. The van der Waals surface area contributed by atoms with E-state index < -0.39 is 40.9 Å². The second kappa shape index (κ2) is 2.90. The van der Waals surface area contributed by atoms with Gasteiger partial charge < -0.3 is 19.9 Å². The van der Waals surface area contributed by atoms with Crippen LogP contribution >= 0.6 is 0 Å². The van der Waals surface area contributed by atoms with Crippen LogP contribution in [-0.4, -0.2) is 46.7 Å². The molecule has 0 aromatic rings. The Kier molecular flexibility index (Phi) is 1.80. The summed E-state index contributed by atoms with van der Waals surface area (Å²) in [5.74, 6) is -1.40. The number of carbonyl (C=O) groups is 1. The Balaban J connectivity index is 1.99. The lowest BCUT2D eigenvalue weighted by Gasteiger charge is -2.44. The van der Waals surface area contributed by atoms with Gasteiger partial charge in [-0.15, -0.1) is 0 Å². The fraction of sp³-hybridized carbons (Fsp3) is 0.875. The number of amides is 1. The lowest BCUT2D eigenvalue weighted by Crippen LogP contribution is -2.70. The van der Waals surface area contributed by atoms with Gasteiger partial charge in [-0.2, -0.15) is 0 Å². The maximum Gasteiger partial charge on any atom is 0.297 e. The van der Waals surface area contributed by atoms with E-state index in [9.17, 15) is 20.0 Å². The molecular weight excluding hydrogens is 220 g/mol. The molecule has 3 heterocycles. The van der Waals surface area contributed by atoms with Crippen molar-refractivity contribution in [3.63, 3.8) is 0 Å². The minimum Gasteiger partial charge on any atom is -0.366 e. The van der Waals surface area contributed by atoms with Crippen molar-refractivity contribution in [2.45, 2.75) is 30.6 Å². The molecule has 3 aliphatic heterocycles. The number of hydrogen-bond donors (Lipinski definition) is 2. The Morgan fingerprint density at radius 3 is 3.06 bits per heavy atom. The zero-order valence-corrected chi connectivity index (χ0v) is 8.16. The predicted molar refractivity (Wildman–Crippen MR) is 46.6 cm³/mol. The van der Waals surface area contributed by atoms with E-state index in [4.69, 9.17) is 9.47 Å². The number of ether oxygens (including phenoxy) is 2. The largest absolute Gasteiger partial charge is 0.366 e. The van der Waals surface area contributed by atoms with Crippen LogP contribution < -0.4 is 5.32 Å². The zero-order valence-electron chi connectivity index (χ0n) is 8.16. The maximum absolute atomic E-state index is 11.5. The highest BCUT2D eigenvalue weighted by atomic mass is 16.7. The summed E-state index contributed by atoms with van der Waals surface area (Å²) in [7, 11) is 0. The van der Waals surface area contributed by atoms with Gasteiger partial charge in [0.05, 0.1) is 18.6 Å². The summed E-state index contributed by atoms with van der Waals surface area (Å²) in [6, 6.07) is -1.37. The first kappa shape index (κ1) is 9.94. The third kappa shape index (κ3) is 1.11. The van der Waals surface area contributed by atoms with Crippen LogP contribution in [0.2, 0.25) is 0 Å². The number of nitrogens with zero attached hydrogens (tertiary/aromatic N) is 1. The molecule has 0 saturated carbocycles. The third-order valence-electron chi connectivity index (χ3n) is 3.37. The van der Waals surface area contributed by atoms with Gasteiger partial charge >= 0.3 is 0 Å². The van der Waals surface area contributed by atoms with E-state index in [1.807, 2.05) is 0 Å². The minimum absolute atomic E-state index is 0.0969. The summed E-state index contributed by atoms with van der Waals surface area (Å²) in [4.78, 5) is 21.7. The summed E-state index contributed by atoms with van der Waals surface area (Å²) < 4.78 is 10.5. The second-order valence-electron chi connectivity index (χ2n) is 4.35. The molecule has 0 aromatic carbocycles. The molecule has 0 unspecified atom stereocenters. The SMILES string of the molecule is O=C1N[C@@]2(O)C[C@@H]([C@H]3CO[C@H]2O3)[C@H]1[N+](=O)[O-]. The van der Waals surface area contributed by atoms with Crippen LogP contribution in [0, 0.1) is 16.0 Å². The van der Waals surface area contributed by atoms with Gasteiger partial charge in [-0.3, -0.25) is 14.9 Å². The predicted octanol–water partition coefficient (Wildman–Crippen LogP) is -1.79. The molecule has 5 atom stereocenters. The summed E-state index contributed by atoms with van der Waals surface area (Å²) in [6.07, 6.45) is -1.29. The first-order valence-electron chi connectivity index (χ1n) is 4.96. The number of fused-ring (bicyclic) bond motifs is 6. The van der Waals surface area contributed by atoms with Crippen LogP contribution in [0.4, 0.5) is 0 Å².